The Hall–Kier alpha value is -2.39. The van der Waals surface area contributed by atoms with Gasteiger partial charge in [0, 0.05) is 17.0 Å². The Balaban J connectivity index is 1.75. The van der Waals surface area contributed by atoms with Crippen LogP contribution in [-0.2, 0) is 6.42 Å². The molecule has 3 heteroatoms. The van der Waals surface area contributed by atoms with Crippen molar-refractivity contribution < 1.29 is 8.81 Å². The molecule has 3 aromatic rings. The van der Waals surface area contributed by atoms with Crippen LogP contribution in [0.4, 0.5) is 4.39 Å². The highest BCUT2D eigenvalue weighted by Crippen LogP contribution is 2.34. The Labute approximate surface area is 141 Å². The van der Waals surface area contributed by atoms with E-state index < -0.39 is 0 Å². The van der Waals surface area contributed by atoms with E-state index in [2.05, 4.69) is 36.5 Å². The minimum Gasteiger partial charge on any atom is -0.464 e. The average molecular weight is 321 g/mol. The zero-order valence-electron chi connectivity index (χ0n) is 13.7. The lowest BCUT2D eigenvalue weighted by Gasteiger charge is -2.28. The lowest BCUT2D eigenvalue weighted by molar-refractivity contribution is 0.551. The Morgan fingerprint density at radius 2 is 2.00 bits per heavy atom. The first kappa shape index (κ1) is 15.2. The fourth-order valence-corrected chi connectivity index (χ4v) is 3.62. The van der Waals surface area contributed by atoms with E-state index in [1.54, 1.807) is 12.3 Å². The lowest BCUT2D eigenvalue weighted by Crippen LogP contribution is -2.37. The number of halogens is 1. The van der Waals surface area contributed by atoms with Gasteiger partial charge in [-0.15, -0.1) is 0 Å². The van der Waals surface area contributed by atoms with Crippen LogP contribution in [0, 0.1) is 5.82 Å². The molecule has 0 bridgehead atoms. The Morgan fingerprint density at radius 3 is 2.83 bits per heavy atom. The summed E-state index contributed by atoms with van der Waals surface area (Å²) in [5.41, 5.74) is 5.46. The molecule has 24 heavy (non-hydrogen) atoms. The summed E-state index contributed by atoms with van der Waals surface area (Å²) in [5, 5.41) is 4.41. The van der Waals surface area contributed by atoms with Crippen LogP contribution >= 0.6 is 0 Å². The molecule has 4 rings (SSSR count). The third kappa shape index (κ3) is 2.76. The maximum absolute atomic E-state index is 14.0. The molecule has 0 spiro atoms. The predicted octanol–water partition coefficient (Wildman–Crippen LogP) is 4.95. The van der Waals surface area contributed by atoms with Gasteiger partial charge in [0.05, 0.1) is 6.26 Å². The van der Waals surface area contributed by atoms with E-state index in [-0.39, 0.29) is 11.9 Å². The van der Waals surface area contributed by atoms with Crippen molar-refractivity contribution in [1.29, 1.82) is 0 Å². The molecular weight excluding hydrogens is 301 g/mol. The van der Waals surface area contributed by atoms with Crippen LogP contribution in [0.3, 0.4) is 0 Å². The largest absolute Gasteiger partial charge is 0.464 e. The number of hydrogen-bond acceptors (Lipinski definition) is 2. The van der Waals surface area contributed by atoms with E-state index in [1.165, 1.54) is 22.8 Å². The summed E-state index contributed by atoms with van der Waals surface area (Å²) in [6.07, 6.45) is 3.45. The SMILES string of the molecule is CC1=C(c2cc(F)cc3ccoc23)CCNC1Cc1ccccc1. The monoisotopic (exact) mass is 321 g/mol. The average Bonchev–Trinajstić information content (AvgIpc) is 3.05. The number of fused-ring (bicyclic) bond motifs is 1. The second-order valence-corrected chi connectivity index (χ2v) is 6.40. The van der Waals surface area contributed by atoms with Crippen molar-refractivity contribution >= 4 is 16.5 Å². The van der Waals surface area contributed by atoms with Crippen LogP contribution in [0.1, 0.15) is 24.5 Å². The maximum atomic E-state index is 14.0. The highest BCUT2D eigenvalue weighted by atomic mass is 19.1. The van der Waals surface area contributed by atoms with E-state index in [0.717, 1.165) is 35.9 Å². The second-order valence-electron chi connectivity index (χ2n) is 6.40. The van der Waals surface area contributed by atoms with Crippen molar-refractivity contribution in [3.63, 3.8) is 0 Å². The Morgan fingerprint density at radius 1 is 1.17 bits per heavy atom. The van der Waals surface area contributed by atoms with Crippen molar-refractivity contribution in [3.05, 3.63) is 77.3 Å². The summed E-state index contributed by atoms with van der Waals surface area (Å²) in [5.74, 6) is -0.211. The molecule has 1 N–H and O–H groups in total. The van der Waals surface area contributed by atoms with E-state index in [9.17, 15) is 4.39 Å². The van der Waals surface area contributed by atoms with Crippen molar-refractivity contribution in [2.24, 2.45) is 0 Å². The molecule has 0 saturated carbocycles. The molecule has 0 radical (unpaired) electrons. The summed E-state index contributed by atoms with van der Waals surface area (Å²) in [6, 6.07) is 15.7. The van der Waals surface area contributed by atoms with Gasteiger partial charge < -0.3 is 9.73 Å². The number of furan rings is 1. The van der Waals surface area contributed by atoms with Crippen molar-refractivity contribution in [2.75, 3.05) is 6.54 Å². The fourth-order valence-electron chi connectivity index (χ4n) is 3.62. The van der Waals surface area contributed by atoms with Gasteiger partial charge in [-0.05, 0) is 55.6 Å². The summed E-state index contributed by atoms with van der Waals surface area (Å²) < 4.78 is 19.7. The molecule has 0 aliphatic carbocycles. The van der Waals surface area contributed by atoms with Gasteiger partial charge >= 0.3 is 0 Å². The number of nitrogens with one attached hydrogen (secondary N) is 1. The first-order valence-electron chi connectivity index (χ1n) is 8.36. The highest BCUT2D eigenvalue weighted by molar-refractivity contribution is 5.91. The van der Waals surface area contributed by atoms with Gasteiger partial charge in [0.2, 0.25) is 0 Å². The quantitative estimate of drug-likeness (QED) is 0.738. The van der Waals surface area contributed by atoms with Crippen molar-refractivity contribution in [2.45, 2.75) is 25.8 Å². The molecule has 1 aliphatic heterocycles. The van der Waals surface area contributed by atoms with Crippen molar-refractivity contribution in [1.82, 2.24) is 5.32 Å². The highest BCUT2D eigenvalue weighted by Gasteiger charge is 2.23. The van der Waals surface area contributed by atoms with Gasteiger partial charge in [0.15, 0.2) is 0 Å². The first-order chi connectivity index (χ1) is 11.7. The zero-order chi connectivity index (χ0) is 16.5. The third-order valence-electron chi connectivity index (χ3n) is 4.89. The van der Waals surface area contributed by atoms with Crippen molar-refractivity contribution in [3.8, 4) is 0 Å². The van der Waals surface area contributed by atoms with Crippen LogP contribution in [0.15, 0.2) is 64.8 Å². The number of hydrogen-bond donors (Lipinski definition) is 1. The fraction of sp³-hybridized carbons (Fsp3) is 0.238. The van der Waals surface area contributed by atoms with E-state index in [0.29, 0.717) is 0 Å². The van der Waals surface area contributed by atoms with Gasteiger partial charge in [-0.25, -0.2) is 4.39 Å². The lowest BCUT2D eigenvalue weighted by atomic mass is 9.87. The van der Waals surface area contributed by atoms with E-state index in [4.69, 9.17) is 4.42 Å². The standard InChI is InChI=1S/C21H20FNO/c1-14-18(19-13-17(22)12-16-8-10-24-21(16)19)7-9-23-20(14)11-15-5-3-2-4-6-15/h2-6,8,10,12-13,20,23H,7,9,11H2,1H3. The molecule has 0 saturated heterocycles. The van der Waals surface area contributed by atoms with Crippen LogP contribution in [-0.4, -0.2) is 12.6 Å². The predicted molar refractivity (Wildman–Crippen MR) is 95.3 cm³/mol. The number of benzene rings is 2. The summed E-state index contributed by atoms with van der Waals surface area (Å²) in [6.45, 7) is 3.04. The molecule has 2 heterocycles. The molecule has 0 fully saturated rings. The van der Waals surface area contributed by atoms with Gasteiger partial charge in [-0.1, -0.05) is 35.9 Å². The van der Waals surface area contributed by atoms with Crippen LogP contribution in [0.5, 0.6) is 0 Å². The van der Waals surface area contributed by atoms with Gasteiger partial charge in [-0.3, -0.25) is 0 Å². The third-order valence-corrected chi connectivity index (χ3v) is 4.89. The smallest absolute Gasteiger partial charge is 0.141 e. The molecular formula is C21H20FNO. The normalized spacial score (nSPS) is 18.3. The molecule has 1 atom stereocenters. The Bertz CT molecular complexity index is 895. The first-order valence-corrected chi connectivity index (χ1v) is 8.36. The van der Waals surface area contributed by atoms with E-state index >= 15 is 0 Å². The summed E-state index contributed by atoms with van der Waals surface area (Å²) in [7, 11) is 0. The molecule has 2 aromatic carbocycles. The van der Waals surface area contributed by atoms with Gasteiger partial charge in [-0.2, -0.15) is 0 Å². The van der Waals surface area contributed by atoms with Crippen LogP contribution in [0.25, 0.3) is 16.5 Å². The van der Waals surface area contributed by atoms with Gasteiger partial charge in [0.25, 0.3) is 0 Å². The topological polar surface area (TPSA) is 25.2 Å². The molecule has 2 nitrogen and oxygen atoms in total. The summed E-state index contributed by atoms with van der Waals surface area (Å²) >= 11 is 0. The Kier molecular flexibility index (Phi) is 3.95. The minimum atomic E-state index is -0.211. The van der Waals surface area contributed by atoms with Gasteiger partial charge in [0.1, 0.15) is 11.4 Å². The molecule has 0 amide bonds. The molecule has 1 unspecified atom stereocenters. The van der Waals surface area contributed by atoms with E-state index in [1.807, 2.05) is 12.1 Å². The maximum Gasteiger partial charge on any atom is 0.141 e. The second kappa shape index (κ2) is 6.25. The molecule has 122 valence electrons. The summed E-state index contributed by atoms with van der Waals surface area (Å²) in [4.78, 5) is 0. The molecule has 1 aliphatic rings. The van der Waals surface area contributed by atoms with Crippen LogP contribution in [0.2, 0.25) is 0 Å². The zero-order valence-corrected chi connectivity index (χ0v) is 13.7. The minimum absolute atomic E-state index is 0.211. The van der Waals surface area contributed by atoms with Crippen LogP contribution < -0.4 is 5.32 Å². The molecule has 1 aromatic heterocycles. The number of rotatable bonds is 3.